The lowest BCUT2D eigenvalue weighted by Crippen LogP contribution is -2.16. The molecule has 0 spiro atoms. The van der Waals surface area contributed by atoms with Crippen LogP contribution in [-0.4, -0.2) is 17.2 Å². The van der Waals surface area contributed by atoms with E-state index < -0.39 is 5.91 Å². The van der Waals surface area contributed by atoms with Gasteiger partial charge in [-0.1, -0.05) is 0 Å². The average molecular weight is 203 g/mol. The van der Waals surface area contributed by atoms with Crippen molar-refractivity contribution in [1.82, 2.24) is 5.43 Å². The number of phenols is 1. The number of carbonyl (C=O) groups is 1. The smallest absolute Gasteiger partial charge is 0.254 e. The SMILES string of the molecule is N#CCC(=O)N/N=C\c1ccc(O)cc1. The molecule has 0 saturated carbocycles. The molecule has 0 fully saturated rings. The van der Waals surface area contributed by atoms with Crippen LogP contribution in [0, 0.1) is 11.3 Å². The molecule has 0 radical (unpaired) electrons. The Hall–Kier alpha value is -2.35. The Labute approximate surface area is 86.7 Å². The summed E-state index contributed by atoms with van der Waals surface area (Å²) in [6.07, 6.45) is 1.21. The Bertz CT molecular complexity index is 404. The summed E-state index contributed by atoms with van der Waals surface area (Å²) in [6.45, 7) is 0. The molecular weight excluding hydrogens is 194 g/mol. The fourth-order valence-electron chi connectivity index (χ4n) is 0.851. The number of carbonyl (C=O) groups excluding carboxylic acids is 1. The molecule has 5 nitrogen and oxygen atoms in total. The highest BCUT2D eigenvalue weighted by Gasteiger charge is 1.95. The third kappa shape index (κ3) is 3.91. The quantitative estimate of drug-likeness (QED) is 0.561. The van der Waals surface area contributed by atoms with E-state index in [0.717, 1.165) is 5.56 Å². The zero-order valence-electron chi connectivity index (χ0n) is 7.84. The summed E-state index contributed by atoms with van der Waals surface area (Å²) in [5, 5.41) is 20.8. The van der Waals surface area contributed by atoms with Crippen molar-refractivity contribution in [3.8, 4) is 11.8 Å². The molecule has 0 heterocycles. The van der Waals surface area contributed by atoms with E-state index in [2.05, 4.69) is 10.5 Å². The first-order valence-corrected chi connectivity index (χ1v) is 4.20. The summed E-state index contributed by atoms with van der Waals surface area (Å²) >= 11 is 0. The topological polar surface area (TPSA) is 85.5 Å². The van der Waals surface area contributed by atoms with Gasteiger partial charge in [-0.05, 0) is 29.8 Å². The van der Waals surface area contributed by atoms with Gasteiger partial charge in [0.2, 0.25) is 0 Å². The van der Waals surface area contributed by atoms with Gasteiger partial charge < -0.3 is 5.11 Å². The van der Waals surface area contributed by atoms with Crippen LogP contribution in [0.5, 0.6) is 5.75 Å². The maximum Gasteiger partial charge on any atom is 0.254 e. The van der Waals surface area contributed by atoms with Crippen LogP contribution in [0.15, 0.2) is 29.4 Å². The van der Waals surface area contributed by atoms with Crippen molar-refractivity contribution in [2.75, 3.05) is 0 Å². The zero-order chi connectivity index (χ0) is 11.1. The van der Waals surface area contributed by atoms with Crippen LogP contribution < -0.4 is 5.43 Å². The fraction of sp³-hybridized carbons (Fsp3) is 0.100. The van der Waals surface area contributed by atoms with E-state index in [1.807, 2.05) is 0 Å². The van der Waals surface area contributed by atoms with E-state index in [1.165, 1.54) is 18.3 Å². The van der Waals surface area contributed by atoms with Crippen molar-refractivity contribution >= 4 is 12.1 Å². The molecule has 1 amide bonds. The number of hydrazone groups is 1. The molecule has 0 bridgehead atoms. The molecule has 2 N–H and O–H groups in total. The predicted molar refractivity (Wildman–Crippen MR) is 54.1 cm³/mol. The number of aromatic hydroxyl groups is 1. The van der Waals surface area contributed by atoms with Crippen LogP contribution in [0.2, 0.25) is 0 Å². The lowest BCUT2D eigenvalue weighted by Gasteiger charge is -1.94. The first kappa shape index (κ1) is 10.7. The maximum absolute atomic E-state index is 10.8. The lowest BCUT2D eigenvalue weighted by molar-refractivity contribution is -0.120. The second kappa shape index (κ2) is 5.40. The van der Waals surface area contributed by atoms with Gasteiger partial charge >= 0.3 is 0 Å². The molecule has 0 unspecified atom stereocenters. The summed E-state index contributed by atoms with van der Waals surface area (Å²) in [7, 11) is 0. The number of nitriles is 1. The van der Waals surface area contributed by atoms with Gasteiger partial charge in [0.05, 0.1) is 12.3 Å². The minimum absolute atomic E-state index is 0.167. The molecule has 76 valence electrons. The van der Waals surface area contributed by atoms with E-state index in [0.29, 0.717) is 0 Å². The number of hydrogen-bond acceptors (Lipinski definition) is 4. The number of amides is 1. The molecule has 15 heavy (non-hydrogen) atoms. The average Bonchev–Trinajstić information content (AvgIpc) is 2.21. The normalized spacial score (nSPS) is 9.80. The number of nitrogens with zero attached hydrogens (tertiary/aromatic N) is 2. The van der Waals surface area contributed by atoms with Crippen LogP contribution >= 0.6 is 0 Å². The molecule has 1 rings (SSSR count). The van der Waals surface area contributed by atoms with Crippen LogP contribution in [-0.2, 0) is 4.79 Å². The van der Waals surface area contributed by atoms with Gasteiger partial charge in [-0.25, -0.2) is 5.43 Å². The van der Waals surface area contributed by atoms with Crippen LogP contribution in [0.4, 0.5) is 0 Å². The second-order valence-corrected chi connectivity index (χ2v) is 2.72. The number of phenolic OH excluding ortho intramolecular Hbond substituents is 1. The summed E-state index contributed by atoms with van der Waals surface area (Å²) in [5.74, 6) is -0.284. The minimum Gasteiger partial charge on any atom is -0.508 e. The minimum atomic E-state index is -0.451. The first-order chi connectivity index (χ1) is 7.22. The molecule has 0 atom stereocenters. The molecule has 0 aliphatic heterocycles. The summed E-state index contributed by atoms with van der Waals surface area (Å²) in [4.78, 5) is 10.8. The molecule has 0 aliphatic rings. The van der Waals surface area contributed by atoms with Crippen LogP contribution in [0.1, 0.15) is 12.0 Å². The lowest BCUT2D eigenvalue weighted by atomic mass is 10.2. The van der Waals surface area contributed by atoms with Gasteiger partial charge in [0.25, 0.3) is 5.91 Å². The molecular formula is C10H9N3O2. The Kier molecular flexibility index (Phi) is 3.86. The number of hydrogen-bond donors (Lipinski definition) is 2. The Morgan fingerprint density at radius 1 is 1.53 bits per heavy atom. The molecule has 5 heteroatoms. The van der Waals surface area contributed by atoms with Gasteiger partial charge in [0.1, 0.15) is 12.2 Å². The van der Waals surface area contributed by atoms with Crippen molar-refractivity contribution in [2.24, 2.45) is 5.10 Å². The van der Waals surface area contributed by atoms with Gasteiger partial charge in [0.15, 0.2) is 0 Å². The van der Waals surface area contributed by atoms with E-state index in [-0.39, 0.29) is 12.2 Å². The van der Waals surface area contributed by atoms with Crippen molar-refractivity contribution in [3.63, 3.8) is 0 Å². The predicted octanol–water partition coefficient (Wildman–Crippen LogP) is 0.756. The van der Waals surface area contributed by atoms with Crippen molar-refractivity contribution in [1.29, 1.82) is 5.26 Å². The summed E-state index contributed by atoms with van der Waals surface area (Å²) in [5.41, 5.74) is 2.93. The highest BCUT2D eigenvalue weighted by atomic mass is 16.3. The van der Waals surface area contributed by atoms with Crippen LogP contribution in [0.25, 0.3) is 0 Å². The Morgan fingerprint density at radius 3 is 2.80 bits per heavy atom. The highest BCUT2D eigenvalue weighted by Crippen LogP contribution is 2.07. The van der Waals surface area contributed by atoms with Crippen molar-refractivity contribution < 1.29 is 9.90 Å². The third-order valence-electron chi connectivity index (χ3n) is 1.54. The Morgan fingerprint density at radius 2 is 2.20 bits per heavy atom. The fourth-order valence-corrected chi connectivity index (χ4v) is 0.851. The largest absolute Gasteiger partial charge is 0.508 e. The summed E-state index contributed by atoms with van der Waals surface area (Å²) in [6, 6.07) is 8.03. The number of rotatable bonds is 3. The van der Waals surface area contributed by atoms with E-state index in [4.69, 9.17) is 10.4 Å². The Balaban J connectivity index is 2.48. The molecule has 0 aromatic heterocycles. The zero-order valence-corrected chi connectivity index (χ0v) is 7.84. The number of benzene rings is 1. The highest BCUT2D eigenvalue weighted by molar-refractivity contribution is 5.83. The van der Waals surface area contributed by atoms with E-state index in [9.17, 15) is 4.79 Å². The molecule has 0 saturated heterocycles. The van der Waals surface area contributed by atoms with Gasteiger partial charge in [-0.2, -0.15) is 10.4 Å². The van der Waals surface area contributed by atoms with Crippen molar-refractivity contribution in [3.05, 3.63) is 29.8 Å². The molecule has 1 aromatic carbocycles. The third-order valence-corrected chi connectivity index (χ3v) is 1.54. The van der Waals surface area contributed by atoms with E-state index >= 15 is 0 Å². The maximum atomic E-state index is 10.8. The monoisotopic (exact) mass is 203 g/mol. The summed E-state index contributed by atoms with van der Waals surface area (Å²) < 4.78 is 0. The molecule has 0 aliphatic carbocycles. The van der Waals surface area contributed by atoms with Crippen LogP contribution in [0.3, 0.4) is 0 Å². The van der Waals surface area contributed by atoms with Gasteiger partial charge in [0, 0.05) is 0 Å². The van der Waals surface area contributed by atoms with E-state index in [1.54, 1.807) is 18.2 Å². The van der Waals surface area contributed by atoms with Gasteiger partial charge in [-0.15, -0.1) is 0 Å². The molecule has 1 aromatic rings. The number of nitrogens with one attached hydrogen (secondary N) is 1. The van der Waals surface area contributed by atoms with Crippen molar-refractivity contribution in [2.45, 2.75) is 6.42 Å². The second-order valence-electron chi connectivity index (χ2n) is 2.72. The standard InChI is InChI=1S/C10H9N3O2/c11-6-5-10(15)13-12-7-8-1-3-9(14)4-2-8/h1-4,7,14H,5H2,(H,13,15)/b12-7-. The van der Waals surface area contributed by atoms with Gasteiger partial charge in [-0.3, -0.25) is 4.79 Å². The first-order valence-electron chi connectivity index (χ1n) is 4.20.